The number of halogens is 1. The fourth-order valence-electron chi connectivity index (χ4n) is 2.84. The number of aliphatic hydroxyl groups is 1. The second-order valence-electron chi connectivity index (χ2n) is 6.52. The summed E-state index contributed by atoms with van der Waals surface area (Å²) in [5.41, 5.74) is 0.125. The van der Waals surface area contributed by atoms with Crippen molar-refractivity contribution in [1.29, 1.82) is 0 Å². The Bertz CT molecular complexity index is 615. The molecule has 1 saturated carbocycles. The standard InChI is InChI=1S/C19H26FNO5/c1-3-25-17(23)11-16(22)21(12-14-5-7-15(20)8-6-14)13-19(9-10-19)18(24)26-4-2/h5-8,16,22H,3-4,9-13H2,1-2H3. The van der Waals surface area contributed by atoms with Crippen molar-refractivity contribution in [3.63, 3.8) is 0 Å². The van der Waals surface area contributed by atoms with E-state index in [1.165, 1.54) is 12.1 Å². The summed E-state index contributed by atoms with van der Waals surface area (Å²) in [6, 6.07) is 5.90. The highest BCUT2D eigenvalue weighted by molar-refractivity contribution is 5.80. The van der Waals surface area contributed by atoms with Crippen LogP contribution in [0.2, 0.25) is 0 Å². The largest absolute Gasteiger partial charge is 0.466 e. The molecule has 1 fully saturated rings. The Morgan fingerprint density at radius 2 is 1.81 bits per heavy atom. The predicted molar refractivity (Wildman–Crippen MR) is 92.4 cm³/mol. The second kappa shape index (κ2) is 9.09. The Balaban J connectivity index is 2.11. The topological polar surface area (TPSA) is 76.1 Å². The Morgan fingerprint density at radius 1 is 1.19 bits per heavy atom. The Kier molecular flexibility index (Phi) is 7.11. The SMILES string of the molecule is CCOC(=O)CC(O)N(Cc1ccc(F)cc1)CC1(C(=O)OCC)CC1. The average molecular weight is 367 g/mol. The van der Waals surface area contributed by atoms with Gasteiger partial charge in [-0.15, -0.1) is 0 Å². The molecule has 0 spiro atoms. The van der Waals surface area contributed by atoms with Gasteiger partial charge < -0.3 is 14.6 Å². The summed E-state index contributed by atoms with van der Waals surface area (Å²) in [7, 11) is 0. The number of esters is 2. The minimum atomic E-state index is -1.11. The summed E-state index contributed by atoms with van der Waals surface area (Å²) in [5, 5.41) is 10.5. The third-order valence-corrected chi connectivity index (χ3v) is 4.44. The number of hydrogen-bond acceptors (Lipinski definition) is 6. The van der Waals surface area contributed by atoms with Crippen LogP contribution >= 0.6 is 0 Å². The van der Waals surface area contributed by atoms with Crippen LogP contribution < -0.4 is 0 Å². The maximum absolute atomic E-state index is 13.1. The highest BCUT2D eigenvalue weighted by atomic mass is 19.1. The molecule has 0 saturated heterocycles. The van der Waals surface area contributed by atoms with Crippen molar-refractivity contribution < 1.29 is 28.6 Å². The van der Waals surface area contributed by atoms with Crippen molar-refractivity contribution in [3.8, 4) is 0 Å². The fourth-order valence-corrected chi connectivity index (χ4v) is 2.84. The van der Waals surface area contributed by atoms with Crippen molar-refractivity contribution >= 4 is 11.9 Å². The summed E-state index contributed by atoms with van der Waals surface area (Å²) in [4.78, 5) is 25.6. The minimum absolute atomic E-state index is 0.200. The zero-order chi connectivity index (χ0) is 19.2. The van der Waals surface area contributed by atoms with Gasteiger partial charge in [0.15, 0.2) is 0 Å². The predicted octanol–water partition coefficient (Wildman–Crippen LogP) is 2.24. The molecule has 0 heterocycles. The molecule has 1 aromatic carbocycles. The van der Waals surface area contributed by atoms with E-state index in [9.17, 15) is 19.1 Å². The van der Waals surface area contributed by atoms with Crippen LogP contribution in [0.1, 0.15) is 38.7 Å². The van der Waals surface area contributed by atoms with Crippen molar-refractivity contribution in [3.05, 3.63) is 35.6 Å². The van der Waals surface area contributed by atoms with Crippen LogP contribution in [0.4, 0.5) is 4.39 Å². The smallest absolute Gasteiger partial charge is 0.313 e. The van der Waals surface area contributed by atoms with Gasteiger partial charge in [0.25, 0.3) is 0 Å². The molecule has 26 heavy (non-hydrogen) atoms. The van der Waals surface area contributed by atoms with Gasteiger partial charge in [-0.2, -0.15) is 0 Å². The molecule has 1 atom stereocenters. The lowest BCUT2D eigenvalue weighted by Gasteiger charge is -2.30. The van der Waals surface area contributed by atoms with E-state index in [2.05, 4.69) is 0 Å². The van der Waals surface area contributed by atoms with Crippen LogP contribution in [-0.4, -0.2) is 47.9 Å². The number of rotatable bonds is 10. The van der Waals surface area contributed by atoms with Crippen molar-refractivity contribution in [2.75, 3.05) is 19.8 Å². The maximum Gasteiger partial charge on any atom is 0.313 e. The normalized spacial score (nSPS) is 16.2. The van der Waals surface area contributed by atoms with E-state index in [0.29, 0.717) is 19.4 Å². The van der Waals surface area contributed by atoms with Gasteiger partial charge in [0.2, 0.25) is 0 Å². The van der Waals surface area contributed by atoms with Gasteiger partial charge in [0, 0.05) is 13.1 Å². The lowest BCUT2D eigenvalue weighted by molar-refractivity contribution is -0.153. The fraction of sp³-hybridized carbons (Fsp3) is 0.579. The van der Waals surface area contributed by atoms with Crippen molar-refractivity contribution in [2.24, 2.45) is 5.41 Å². The molecule has 1 aromatic rings. The van der Waals surface area contributed by atoms with E-state index in [4.69, 9.17) is 9.47 Å². The van der Waals surface area contributed by atoms with Crippen LogP contribution in [0.15, 0.2) is 24.3 Å². The molecule has 0 aliphatic heterocycles. The van der Waals surface area contributed by atoms with Gasteiger partial charge in [-0.05, 0) is 44.4 Å². The summed E-state index contributed by atoms with van der Waals surface area (Å²) >= 11 is 0. The molecule has 0 aromatic heterocycles. The summed E-state index contributed by atoms with van der Waals surface area (Å²) < 4.78 is 23.2. The van der Waals surface area contributed by atoms with Crippen LogP contribution in [0.5, 0.6) is 0 Å². The number of ether oxygens (including phenoxy) is 2. The quantitative estimate of drug-likeness (QED) is 0.505. The Morgan fingerprint density at radius 3 is 2.35 bits per heavy atom. The zero-order valence-electron chi connectivity index (χ0n) is 15.2. The Hall–Kier alpha value is -1.99. The van der Waals surface area contributed by atoms with Gasteiger partial charge in [-0.3, -0.25) is 14.5 Å². The van der Waals surface area contributed by atoms with Crippen LogP contribution in [0.3, 0.4) is 0 Å². The van der Waals surface area contributed by atoms with E-state index in [-0.39, 0.29) is 37.9 Å². The van der Waals surface area contributed by atoms with Crippen LogP contribution in [0.25, 0.3) is 0 Å². The lowest BCUT2D eigenvalue weighted by Crippen LogP contribution is -2.42. The summed E-state index contributed by atoms with van der Waals surface area (Å²) in [5.74, 6) is -1.14. The third-order valence-electron chi connectivity index (χ3n) is 4.44. The van der Waals surface area contributed by atoms with Gasteiger partial charge in [-0.25, -0.2) is 4.39 Å². The van der Waals surface area contributed by atoms with Crippen molar-refractivity contribution in [1.82, 2.24) is 4.90 Å². The first-order chi connectivity index (χ1) is 12.4. The van der Waals surface area contributed by atoms with Gasteiger partial charge in [-0.1, -0.05) is 12.1 Å². The highest BCUT2D eigenvalue weighted by Crippen LogP contribution is 2.48. The van der Waals surface area contributed by atoms with Gasteiger partial charge >= 0.3 is 11.9 Å². The summed E-state index contributed by atoms with van der Waals surface area (Å²) in [6.07, 6.45) is 0.0509. The average Bonchev–Trinajstić information content (AvgIpc) is 3.37. The first-order valence-corrected chi connectivity index (χ1v) is 8.89. The Labute approximate surface area is 152 Å². The molecule has 1 unspecified atom stereocenters. The molecular weight excluding hydrogens is 341 g/mol. The van der Waals surface area contributed by atoms with E-state index in [1.807, 2.05) is 0 Å². The second-order valence-corrected chi connectivity index (χ2v) is 6.52. The number of carbonyl (C=O) groups excluding carboxylic acids is 2. The van der Waals surface area contributed by atoms with Gasteiger partial charge in [0.05, 0.1) is 25.0 Å². The van der Waals surface area contributed by atoms with Gasteiger partial charge in [0.1, 0.15) is 12.0 Å². The van der Waals surface area contributed by atoms with Crippen LogP contribution in [-0.2, 0) is 25.6 Å². The highest BCUT2D eigenvalue weighted by Gasteiger charge is 2.52. The van der Waals surface area contributed by atoms with Crippen LogP contribution in [0, 0.1) is 11.2 Å². The molecule has 0 radical (unpaired) electrons. The van der Waals surface area contributed by atoms with E-state index >= 15 is 0 Å². The number of carbonyl (C=O) groups is 2. The first kappa shape index (κ1) is 20.3. The molecule has 1 aliphatic carbocycles. The number of nitrogens with zero attached hydrogens (tertiary/aromatic N) is 1. The van der Waals surface area contributed by atoms with E-state index in [0.717, 1.165) is 5.56 Å². The number of benzene rings is 1. The lowest BCUT2D eigenvalue weighted by atomic mass is 10.1. The first-order valence-electron chi connectivity index (χ1n) is 8.89. The monoisotopic (exact) mass is 367 g/mol. The maximum atomic E-state index is 13.1. The van der Waals surface area contributed by atoms with E-state index < -0.39 is 17.6 Å². The zero-order valence-corrected chi connectivity index (χ0v) is 15.2. The minimum Gasteiger partial charge on any atom is -0.466 e. The molecule has 144 valence electrons. The summed E-state index contributed by atoms with van der Waals surface area (Å²) in [6.45, 7) is 4.52. The molecule has 0 amide bonds. The number of hydrogen-bond donors (Lipinski definition) is 1. The van der Waals surface area contributed by atoms with E-state index in [1.54, 1.807) is 30.9 Å². The molecule has 2 rings (SSSR count). The molecule has 1 aliphatic rings. The third kappa shape index (κ3) is 5.51. The molecule has 0 bridgehead atoms. The molecule has 7 heteroatoms. The van der Waals surface area contributed by atoms with Crippen molar-refractivity contribution in [2.45, 2.75) is 45.9 Å². The molecular formula is C19H26FNO5. The molecule has 6 nitrogen and oxygen atoms in total. The molecule has 1 N–H and O–H groups in total. The number of aliphatic hydroxyl groups excluding tert-OH is 1.